The lowest BCUT2D eigenvalue weighted by atomic mass is 9.92. The summed E-state index contributed by atoms with van der Waals surface area (Å²) in [5.41, 5.74) is 3.11. The smallest absolute Gasteiger partial charge is 0.224 e. The van der Waals surface area contributed by atoms with Crippen molar-refractivity contribution in [3.8, 4) is 0 Å². The number of carbonyl (C=O) groups excluding carboxylic acids is 1. The molecule has 0 spiro atoms. The Morgan fingerprint density at radius 1 is 0.966 bits per heavy atom. The summed E-state index contributed by atoms with van der Waals surface area (Å²) in [6, 6.07) is 10.3. The second-order valence-corrected chi connectivity index (χ2v) is 9.18. The molecule has 5 heteroatoms. The average molecular weight is 399 g/mol. The monoisotopic (exact) mass is 398 g/mol. The number of nitrogens with one attached hydrogen (secondary N) is 2. The lowest BCUT2D eigenvalue weighted by molar-refractivity contribution is -0.127. The van der Waals surface area contributed by atoms with Crippen LogP contribution in [0.4, 0.5) is 0 Å². The second-order valence-electron chi connectivity index (χ2n) is 9.18. The first-order chi connectivity index (χ1) is 14.2. The minimum absolute atomic E-state index is 0.181. The Morgan fingerprint density at radius 3 is 2.38 bits per heavy atom. The summed E-state index contributed by atoms with van der Waals surface area (Å²) in [5, 5.41) is 6.29. The van der Waals surface area contributed by atoms with E-state index in [1.165, 1.54) is 45.3 Å². The highest BCUT2D eigenvalue weighted by atomic mass is 16.1. The van der Waals surface area contributed by atoms with E-state index in [9.17, 15) is 4.79 Å². The first-order valence-electron chi connectivity index (χ1n) is 11.7. The van der Waals surface area contributed by atoms with Crippen LogP contribution in [0.25, 0.3) is 0 Å². The maximum atomic E-state index is 12.6. The molecule has 2 N–H and O–H groups in total. The predicted octanol–water partition coefficient (Wildman–Crippen LogP) is 2.06. The van der Waals surface area contributed by atoms with Crippen LogP contribution in [0.1, 0.15) is 43.2 Å². The molecule has 160 valence electrons. The number of likely N-dealkylation sites (tertiary alicyclic amines) is 2. The molecule has 2 aliphatic heterocycles. The fourth-order valence-corrected chi connectivity index (χ4v) is 5.58. The summed E-state index contributed by atoms with van der Waals surface area (Å²) in [4.78, 5) is 17.9. The van der Waals surface area contributed by atoms with E-state index in [0.29, 0.717) is 12.1 Å². The quantitative estimate of drug-likeness (QED) is 0.690. The van der Waals surface area contributed by atoms with Crippen molar-refractivity contribution in [2.45, 2.75) is 57.0 Å². The van der Waals surface area contributed by atoms with Gasteiger partial charge in [0.2, 0.25) is 5.91 Å². The SMILES string of the molecule is CNCCCNC(=O)[C@@H]1CCCN(C2CCN(C3Cc4ccccc4C3)CC2)C1. The number of carbonyl (C=O) groups is 1. The number of amides is 1. The van der Waals surface area contributed by atoms with E-state index in [4.69, 9.17) is 0 Å². The van der Waals surface area contributed by atoms with Crippen molar-refractivity contribution >= 4 is 5.91 Å². The number of fused-ring (bicyclic) bond motifs is 1. The lowest BCUT2D eigenvalue weighted by Crippen LogP contribution is -2.52. The number of hydrogen-bond acceptors (Lipinski definition) is 4. The van der Waals surface area contributed by atoms with E-state index in [-0.39, 0.29) is 11.8 Å². The second kappa shape index (κ2) is 10.1. The molecule has 2 fully saturated rings. The minimum Gasteiger partial charge on any atom is -0.356 e. The van der Waals surface area contributed by atoms with Gasteiger partial charge in [-0.2, -0.15) is 0 Å². The fraction of sp³-hybridized carbons (Fsp3) is 0.708. The summed E-state index contributed by atoms with van der Waals surface area (Å²) < 4.78 is 0. The third-order valence-corrected chi connectivity index (χ3v) is 7.29. The van der Waals surface area contributed by atoms with Crippen molar-refractivity contribution in [1.29, 1.82) is 0 Å². The van der Waals surface area contributed by atoms with Gasteiger partial charge in [0.15, 0.2) is 0 Å². The highest BCUT2D eigenvalue weighted by molar-refractivity contribution is 5.78. The molecule has 1 amide bonds. The van der Waals surface area contributed by atoms with Crippen LogP contribution >= 0.6 is 0 Å². The van der Waals surface area contributed by atoms with Gasteiger partial charge in [-0.05, 0) is 89.3 Å². The molecule has 1 atom stereocenters. The fourth-order valence-electron chi connectivity index (χ4n) is 5.58. The Labute approximate surface area is 176 Å². The van der Waals surface area contributed by atoms with Crippen molar-refractivity contribution in [1.82, 2.24) is 20.4 Å². The summed E-state index contributed by atoms with van der Waals surface area (Å²) in [6.45, 7) is 6.29. The molecule has 0 bridgehead atoms. The van der Waals surface area contributed by atoms with Gasteiger partial charge in [0.05, 0.1) is 5.92 Å². The molecule has 4 rings (SSSR count). The molecule has 3 aliphatic rings. The normalized spacial score (nSPS) is 24.5. The highest BCUT2D eigenvalue weighted by Gasteiger charge is 2.34. The maximum absolute atomic E-state index is 12.6. The van der Waals surface area contributed by atoms with Gasteiger partial charge in [0, 0.05) is 25.2 Å². The first kappa shape index (κ1) is 20.8. The van der Waals surface area contributed by atoms with E-state index >= 15 is 0 Å². The predicted molar refractivity (Wildman–Crippen MR) is 118 cm³/mol. The van der Waals surface area contributed by atoms with Crippen LogP contribution in [0, 0.1) is 5.92 Å². The number of benzene rings is 1. The Hall–Kier alpha value is -1.43. The van der Waals surface area contributed by atoms with Crippen molar-refractivity contribution in [3.63, 3.8) is 0 Å². The third kappa shape index (κ3) is 5.19. The van der Waals surface area contributed by atoms with E-state index in [1.807, 2.05) is 7.05 Å². The van der Waals surface area contributed by atoms with E-state index in [0.717, 1.165) is 38.9 Å². The molecule has 0 saturated carbocycles. The molecule has 5 nitrogen and oxygen atoms in total. The van der Waals surface area contributed by atoms with Gasteiger partial charge in [0.1, 0.15) is 0 Å². The van der Waals surface area contributed by atoms with Gasteiger partial charge in [0.25, 0.3) is 0 Å². The number of nitrogens with zero attached hydrogens (tertiary/aromatic N) is 2. The zero-order valence-electron chi connectivity index (χ0n) is 18.0. The molecule has 0 aromatic heterocycles. The Kier molecular flexibility index (Phi) is 7.22. The summed E-state index contributed by atoms with van der Waals surface area (Å²) in [7, 11) is 1.96. The van der Waals surface area contributed by atoms with Crippen molar-refractivity contribution in [2.75, 3.05) is 46.3 Å². The van der Waals surface area contributed by atoms with Crippen LogP contribution in [0.2, 0.25) is 0 Å². The average Bonchev–Trinajstić information content (AvgIpc) is 3.21. The number of rotatable bonds is 7. The van der Waals surface area contributed by atoms with Crippen molar-refractivity contribution < 1.29 is 4.79 Å². The molecular formula is C24H38N4O. The standard InChI is InChI=1S/C24H38N4O/c1-25-11-5-12-26-24(29)21-8-4-13-28(18-21)22-9-14-27(15-10-22)23-16-19-6-2-3-7-20(19)17-23/h2-3,6-7,21-23,25H,4-5,8-18H2,1H3,(H,26,29)/t21-/m1/s1. The maximum Gasteiger partial charge on any atom is 0.224 e. The Balaban J connectivity index is 1.22. The summed E-state index contributed by atoms with van der Waals surface area (Å²) in [6.07, 6.45) is 8.16. The zero-order valence-corrected chi connectivity index (χ0v) is 18.0. The zero-order chi connectivity index (χ0) is 20.1. The molecule has 1 aliphatic carbocycles. The van der Waals surface area contributed by atoms with Crippen LogP contribution in [0.3, 0.4) is 0 Å². The van der Waals surface area contributed by atoms with Gasteiger partial charge in [-0.1, -0.05) is 24.3 Å². The van der Waals surface area contributed by atoms with Crippen LogP contribution in [0.15, 0.2) is 24.3 Å². The highest BCUT2D eigenvalue weighted by Crippen LogP contribution is 2.29. The number of hydrogen-bond donors (Lipinski definition) is 2. The van der Waals surface area contributed by atoms with Crippen LogP contribution in [-0.4, -0.2) is 74.1 Å². The van der Waals surface area contributed by atoms with Gasteiger partial charge >= 0.3 is 0 Å². The molecular weight excluding hydrogens is 360 g/mol. The Morgan fingerprint density at radius 2 is 1.69 bits per heavy atom. The van der Waals surface area contributed by atoms with Crippen molar-refractivity contribution in [2.24, 2.45) is 5.92 Å². The van der Waals surface area contributed by atoms with Gasteiger partial charge in [-0.25, -0.2) is 0 Å². The summed E-state index contributed by atoms with van der Waals surface area (Å²) >= 11 is 0. The van der Waals surface area contributed by atoms with Gasteiger partial charge in [-0.15, -0.1) is 0 Å². The van der Waals surface area contributed by atoms with E-state index in [2.05, 4.69) is 44.7 Å². The number of piperidine rings is 2. The molecule has 1 aromatic rings. The van der Waals surface area contributed by atoms with Crippen LogP contribution in [0.5, 0.6) is 0 Å². The van der Waals surface area contributed by atoms with Gasteiger partial charge < -0.3 is 10.6 Å². The van der Waals surface area contributed by atoms with E-state index in [1.54, 1.807) is 11.1 Å². The molecule has 29 heavy (non-hydrogen) atoms. The largest absolute Gasteiger partial charge is 0.356 e. The molecule has 0 unspecified atom stereocenters. The Bertz CT molecular complexity index is 646. The first-order valence-corrected chi connectivity index (χ1v) is 11.7. The summed E-state index contributed by atoms with van der Waals surface area (Å²) in [5.74, 6) is 0.452. The molecule has 2 heterocycles. The lowest BCUT2D eigenvalue weighted by Gasteiger charge is -2.43. The van der Waals surface area contributed by atoms with Crippen molar-refractivity contribution in [3.05, 3.63) is 35.4 Å². The van der Waals surface area contributed by atoms with E-state index < -0.39 is 0 Å². The topological polar surface area (TPSA) is 47.6 Å². The molecule has 1 aromatic carbocycles. The van der Waals surface area contributed by atoms with Gasteiger partial charge in [-0.3, -0.25) is 14.6 Å². The molecule has 2 saturated heterocycles. The third-order valence-electron chi connectivity index (χ3n) is 7.29. The minimum atomic E-state index is 0.181. The van der Waals surface area contributed by atoms with Crippen LogP contribution < -0.4 is 10.6 Å². The van der Waals surface area contributed by atoms with Crippen LogP contribution in [-0.2, 0) is 17.6 Å². The molecule has 0 radical (unpaired) electrons.